The summed E-state index contributed by atoms with van der Waals surface area (Å²) in [4.78, 5) is 33.3. The van der Waals surface area contributed by atoms with E-state index < -0.39 is 16.8 Å². The molecule has 0 saturated carbocycles. The topological polar surface area (TPSA) is 113 Å². The number of primary amides is 1. The molecule has 1 aromatic carbocycles. The molecule has 0 aromatic heterocycles. The van der Waals surface area contributed by atoms with Gasteiger partial charge >= 0.3 is 11.7 Å². The molecule has 0 unspecified atom stereocenters. The second-order valence-electron chi connectivity index (χ2n) is 5.57. The minimum absolute atomic E-state index is 0.00678. The first-order chi connectivity index (χ1) is 10.3. The molecule has 0 aliphatic rings. The van der Waals surface area contributed by atoms with Crippen LogP contribution in [-0.4, -0.2) is 16.8 Å². The molecule has 0 aliphatic carbocycles. The summed E-state index contributed by atoms with van der Waals surface area (Å²) in [5.41, 5.74) is 4.91. The SMILES string of the molecule is CC(C)C[C@H](CC(N)=O)CC(=O)Oc1ccccc1[N+](=O)[O-]. The third kappa shape index (κ3) is 5.90. The fourth-order valence-electron chi connectivity index (χ4n) is 2.28. The van der Waals surface area contributed by atoms with E-state index in [1.54, 1.807) is 6.07 Å². The highest BCUT2D eigenvalue weighted by Crippen LogP contribution is 2.27. The molecule has 120 valence electrons. The number of nitro benzene ring substituents is 1. The van der Waals surface area contributed by atoms with Gasteiger partial charge in [-0.15, -0.1) is 0 Å². The number of nitrogens with zero attached hydrogens (tertiary/aromatic N) is 1. The Morgan fingerprint density at radius 3 is 2.45 bits per heavy atom. The molecule has 1 atom stereocenters. The summed E-state index contributed by atoms with van der Waals surface area (Å²) < 4.78 is 5.07. The molecule has 22 heavy (non-hydrogen) atoms. The maximum Gasteiger partial charge on any atom is 0.311 e. The molecule has 0 aliphatic heterocycles. The largest absolute Gasteiger partial charge is 0.419 e. The van der Waals surface area contributed by atoms with Crippen LogP contribution in [0.4, 0.5) is 5.69 Å². The quantitative estimate of drug-likeness (QED) is 0.343. The van der Waals surface area contributed by atoms with Gasteiger partial charge in [-0.2, -0.15) is 0 Å². The van der Waals surface area contributed by atoms with E-state index in [9.17, 15) is 19.7 Å². The zero-order valence-corrected chi connectivity index (χ0v) is 12.7. The van der Waals surface area contributed by atoms with E-state index in [2.05, 4.69) is 0 Å². The number of ether oxygens (including phenoxy) is 1. The molecule has 0 fully saturated rings. The van der Waals surface area contributed by atoms with Crippen LogP contribution in [0.3, 0.4) is 0 Å². The van der Waals surface area contributed by atoms with E-state index in [4.69, 9.17) is 10.5 Å². The normalized spacial score (nSPS) is 12.0. The number of nitro groups is 1. The first-order valence-corrected chi connectivity index (χ1v) is 7.02. The van der Waals surface area contributed by atoms with Crippen molar-refractivity contribution in [2.24, 2.45) is 17.6 Å². The fraction of sp³-hybridized carbons (Fsp3) is 0.467. The average molecular weight is 308 g/mol. The van der Waals surface area contributed by atoms with E-state index in [1.165, 1.54) is 18.2 Å². The van der Waals surface area contributed by atoms with E-state index in [-0.39, 0.29) is 30.2 Å². The Balaban J connectivity index is 2.75. The maximum absolute atomic E-state index is 12.0. The van der Waals surface area contributed by atoms with Crippen molar-refractivity contribution in [1.82, 2.24) is 0 Å². The molecule has 0 heterocycles. The number of nitrogens with two attached hydrogens (primary N) is 1. The van der Waals surface area contributed by atoms with E-state index in [1.807, 2.05) is 13.8 Å². The summed E-state index contributed by atoms with van der Waals surface area (Å²) in [5.74, 6) is -1.12. The zero-order chi connectivity index (χ0) is 16.7. The van der Waals surface area contributed by atoms with Crippen molar-refractivity contribution in [2.75, 3.05) is 0 Å². The lowest BCUT2D eigenvalue weighted by Gasteiger charge is -2.16. The molecule has 1 amide bonds. The molecule has 0 bridgehead atoms. The van der Waals surface area contributed by atoms with Crippen LogP contribution >= 0.6 is 0 Å². The van der Waals surface area contributed by atoms with Gasteiger partial charge in [-0.1, -0.05) is 26.0 Å². The van der Waals surface area contributed by atoms with Gasteiger partial charge in [0.2, 0.25) is 11.7 Å². The molecule has 7 heteroatoms. The third-order valence-corrected chi connectivity index (χ3v) is 3.04. The van der Waals surface area contributed by atoms with Crippen LogP contribution in [0.15, 0.2) is 24.3 Å². The summed E-state index contributed by atoms with van der Waals surface area (Å²) >= 11 is 0. The Kier molecular flexibility index (Phi) is 6.49. The number of esters is 1. The Bertz CT molecular complexity index is 557. The van der Waals surface area contributed by atoms with Crippen molar-refractivity contribution in [3.63, 3.8) is 0 Å². The number of para-hydroxylation sites is 2. The predicted molar refractivity (Wildman–Crippen MR) is 80.1 cm³/mol. The zero-order valence-electron chi connectivity index (χ0n) is 12.7. The van der Waals surface area contributed by atoms with Crippen LogP contribution < -0.4 is 10.5 Å². The second kappa shape index (κ2) is 8.11. The molecule has 0 radical (unpaired) electrons. The van der Waals surface area contributed by atoms with Gasteiger partial charge in [-0.05, 0) is 24.3 Å². The molecule has 2 N–H and O–H groups in total. The predicted octanol–water partition coefficient (Wildman–Crippen LogP) is 2.43. The van der Waals surface area contributed by atoms with Crippen LogP contribution in [0.1, 0.15) is 33.1 Å². The molecular formula is C15H20N2O5. The summed E-state index contributed by atoms with van der Waals surface area (Å²) in [6.45, 7) is 3.95. The number of amides is 1. The Morgan fingerprint density at radius 2 is 1.91 bits per heavy atom. The van der Waals surface area contributed by atoms with E-state index in [0.717, 1.165) is 0 Å². The van der Waals surface area contributed by atoms with Gasteiger partial charge in [0.1, 0.15) is 0 Å². The van der Waals surface area contributed by atoms with Gasteiger partial charge in [0.05, 0.1) is 4.92 Å². The van der Waals surface area contributed by atoms with Crippen LogP contribution in [0.2, 0.25) is 0 Å². The summed E-state index contributed by atoms with van der Waals surface area (Å²) in [5, 5.41) is 10.9. The van der Waals surface area contributed by atoms with Gasteiger partial charge in [-0.3, -0.25) is 19.7 Å². The van der Waals surface area contributed by atoms with E-state index >= 15 is 0 Å². The molecule has 7 nitrogen and oxygen atoms in total. The van der Waals surface area contributed by atoms with Gasteiger partial charge in [0.15, 0.2) is 0 Å². The number of rotatable bonds is 8. The first-order valence-electron chi connectivity index (χ1n) is 7.02. The lowest BCUT2D eigenvalue weighted by molar-refractivity contribution is -0.385. The van der Waals surface area contributed by atoms with Crippen molar-refractivity contribution in [3.8, 4) is 5.75 Å². The number of hydrogen-bond donors (Lipinski definition) is 1. The van der Waals surface area contributed by atoms with Crippen molar-refractivity contribution in [3.05, 3.63) is 34.4 Å². The summed E-state index contributed by atoms with van der Waals surface area (Å²) in [6.07, 6.45) is 0.728. The van der Waals surface area contributed by atoms with Crippen molar-refractivity contribution in [2.45, 2.75) is 33.1 Å². The standard InChI is InChI=1S/C15H20N2O5/c1-10(2)7-11(8-14(16)18)9-15(19)22-13-6-4-3-5-12(13)17(20)21/h3-6,10-11H,7-9H2,1-2H3,(H2,16,18)/t11-/m1/s1. The van der Waals surface area contributed by atoms with Gasteiger partial charge in [-0.25, -0.2) is 0 Å². The number of benzene rings is 1. The maximum atomic E-state index is 12.0. The molecule has 0 saturated heterocycles. The van der Waals surface area contributed by atoms with Gasteiger partial charge < -0.3 is 10.5 Å². The highest BCUT2D eigenvalue weighted by molar-refractivity contribution is 5.77. The summed E-state index contributed by atoms with van der Waals surface area (Å²) in [7, 11) is 0. The third-order valence-electron chi connectivity index (χ3n) is 3.04. The molecule has 1 rings (SSSR count). The van der Waals surface area contributed by atoms with Crippen molar-refractivity contribution < 1.29 is 19.2 Å². The highest BCUT2D eigenvalue weighted by Gasteiger charge is 2.22. The lowest BCUT2D eigenvalue weighted by Crippen LogP contribution is -2.22. The fourth-order valence-corrected chi connectivity index (χ4v) is 2.28. The number of carbonyl (C=O) groups is 2. The van der Waals surface area contributed by atoms with E-state index in [0.29, 0.717) is 12.3 Å². The minimum Gasteiger partial charge on any atom is -0.419 e. The van der Waals surface area contributed by atoms with Crippen LogP contribution in [0.5, 0.6) is 5.75 Å². The first kappa shape index (κ1) is 17.6. The highest BCUT2D eigenvalue weighted by atomic mass is 16.6. The number of hydrogen-bond acceptors (Lipinski definition) is 5. The Hall–Kier alpha value is -2.44. The summed E-state index contributed by atoms with van der Waals surface area (Å²) in [6, 6.07) is 5.66. The van der Waals surface area contributed by atoms with Crippen LogP contribution in [0.25, 0.3) is 0 Å². The van der Waals surface area contributed by atoms with Gasteiger partial charge in [0.25, 0.3) is 0 Å². The lowest BCUT2D eigenvalue weighted by atomic mass is 9.91. The minimum atomic E-state index is -0.613. The van der Waals surface area contributed by atoms with Gasteiger partial charge in [0, 0.05) is 18.9 Å². The molecule has 0 spiro atoms. The monoisotopic (exact) mass is 308 g/mol. The Morgan fingerprint density at radius 1 is 1.27 bits per heavy atom. The van der Waals surface area contributed by atoms with Crippen LogP contribution in [-0.2, 0) is 9.59 Å². The number of carbonyl (C=O) groups excluding carboxylic acids is 2. The smallest absolute Gasteiger partial charge is 0.311 e. The average Bonchev–Trinajstić information content (AvgIpc) is 2.36. The van der Waals surface area contributed by atoms with Crippen LogP contribution in [0, 0.1) is 22.0 Å². The molecular weight excluding hydrogens is 288 g/mol. The van der Waals surface area contributed by atoms with Crippen molar-refractivity contribution in [1.29, 1.82) is 0 Å². The Labute approximate surface area is 128 Å². The van der Waals surface area contributed by atoms with Crippen molar-refractivity contribution >= 4 is 17.6 Å². The second-order valence-corrected chi connectivity index (χ2v) is 5.57. The molecule has 1 aromatic rings.